The lowest BCUT2D eigenvalue weighted by Crippen LogP contribution is -2.20. The minimum Gasteiger partial charge on any atom is -0.287 e. The third-order valence-electron chi connectivity index (χ3n) is 3.03. The summed E-state index contributed by atoms with van der Waals surface area (Å²) in [6.07, 6.45) is 0. The van der Waals surface area contributed by atoms with Crippen molar-refractivity contribution in [2.75, 3.05) is 0 Å². The zero-order valence-corrected chi connectivity index (χ0v) is 11.7. The Morgan fingerprint density at radius 1 is 1.16 bits per heavy atom. The zero-order valence-electron chi connectivity index (χ0n) is 10.9. The van der Waals surface area contributed by atoms with E-state index in [2.05, 4.69) is 5.10 Å². The van der Waals surface area contributed by atoms with Gasteiger partial charge >= 0.3 is 0 Å². The Kier molecular flexibility index (Phi) is 3.53. The fourth-order valence-electron chi connectivity index (χ4n) is 1.80. The van der Waals surface area contributed by atoms with Crippen LogP contribution in [0.3, 0.4) is 0 Å². The average Bonchev–Trinajstić information content (AvgIpc) is 2.32. The van der Waals surface area contributed by atoms with Gasteiger partial charge in [-0.2, -0.15) is 5.10 Å². The number of aromatic nitrogens is 2. The largest absolute Gasteiger partial charge is 0.287 e. The summed E-state index contributed by atoms with van der Waals surface area (Å²) in [5, 5.41) is 3.19. The fourth-order valence-corrected chi connectivity index (χ4v) is 1.93. The molecule has 1 aromatic carbocycles. The van der Waals surface area contributed by atoms with Crippen LogP contribution in [-0.4, -0.2) is 15.0 Å². The lowest BCUT2D eigenvalue weighted by atomic mass is 10.1. The van der Waals surface area contributed by atoms with Crippen molar-refractivity contribution in [2.24, 2.45) is 0 Å². The minimum absolute atomic E-state index is 0.259. The molecule has 0 radical (unpaired) electrons. The molecule has 0 atom stereocenters. The molecule has 0 saturated heterocycles. The summed E-state index contributed by atoms with van der Waals surface area (Å²) in [6, 6.07) is 7.15. The quantitative estimate of drug-likeness (QED) is 0.792. The van der Waals surface area contributed by atoms with E-state index in [-0.39, 0.29) is 5.69 Å². The average molecular weight is 277 g/mol. The van der Waals surface area contributed by atoms with Gasteiger partial charge in [0.05, 0.1) is 5.69 Å². The lowest BCUT2D eigenvalue weighted by Gasteiger charge is -2.11. The van der Waals surface area contributed by atoms with E-state index in [1.165, 1.54) is 6.07 Å². The van der Waals surface area contributed by atoms with E-state index < -0.39 is 10.7 Å². The number of rotatable bonds is 2. The molecule has 0 aliphatic heterocycles. The van der Waals surface area contributed by atoms with Crippen LogP contribution in [0.5, 0.6) is 0 Å². The molecule has 0 unspecified atom stereocenters. The van der Waals surface area contributed by atoms with E-state index in [9.17, 15) is 9.59 Å². The molecular weight excluding hydrogens is 264 g/mol. The summed E-state index contributed by atoms with van der Waals surface area (Å²) in [7, 11) is 0. The zero-order chi connectivity index (χ0) is 14.2. The normalized spacial score (nSPS) is 10.5. The van der Waals surface area contributed by atoms with Crippen LogP contribution in [0.1, 0.15) is 27.3 Å². The Labute approximate surface area is 115 Å². The van der Waals surface area contributed by atoms with Crippen molar-refractivity contribution in [3.05, 3.63) is 57.0 Å². The van der Waals surface area contributed by atoms with Crippen molar-refractivity contribution in [1.82, 2.24) is 9.78 Å². The lowest BCUT2D eigenvalue weighted by molar-refractivity contribution is 0.107. The van der Waals surface area contributed by atoms with Crippen molar-refractivity contribution in [3.63, 3.8) is 0 Å². The molecule has 2 aromatic rings. The highest BCUT2D eigenvalue weighted by atomic mass is 35.5. The SMILES string of the molecule is Cc1ccc(-n2nc(C(=O)Cl)c(=O)cc2C)cc1C. The standard InChI is InChI=1S/C14H13ClN2O2/c1-8-4-5-11(6-9(8)2)17-10(3)7-12(18)13(16-17)14(15)19/h4-7H,1-3H3. The van der Waals surface area contributed by atoms with Crippen LogP contribution in [0.25, 0.3) is 5.69 Å². The molecule has 0 amide bonds. The summed E-state index contributed by atoms with van der Waals surface area (Å²) in [6.45, 7) is 5.76. The van der Waals surface area contributed by atoms with Crippen LogP contribution in [0.4, 0.5) is 0 Å². The third-order valence-corrected chi connectivity index (χ3v) is 3.21. The van der Waals surface area contributed by atoms with Crippen LogP contribution in [0.2, 0.25) is 0 Å². The maximum absolute atomic E-state index is 11.6. The van der Waals surface area contributed by atoms with Gasteiger partial charge in [0.2, 0.25) is 5.43 Å². The van der Waals surface area contributed by atoms with E-state index in [1.54, 1.807) is 11.6 Å². The maximum Gasteiger partial charge on any atom is 0.276 e. The van der Waals surface area contributed by atoms with Gasteiger partial charge in [0, 0.05) is 11.8 Å². The molecule has 0 spiro atoms. The highest BCUT2D eigenvalue weighted by Crippen LogP contribution is 2.14. The first-order valence-electron chi connectivity index (χ1n) is 5.78. The molecule has 0 aliphatic carbocycles. The monoisotopic (exact) mass is 276 g/mol. The summed E-state index contributed by atoms with van der Waals surface area (Å²) in [5.74, 6) is 0. The van der Waals surface area contributed by atoms with Gasteiger partial charge in [-0.05, 0) is 55.6 Å². The Hall–Kier alpha value is -1.94. The molecule has 0 N–H and O–H groups in total. The number of aryl methyl sites for hydroxylation is 3. The number of carbonyl (C=O) groups excluding carboxylic acids is 1. The Morgan fingerprint density at radius 3 is 2.42 bits per heavy atom. The molecule has 0 bridgehead atoms. The van der Waals surface area contributed by atoms with Crippen LogP contribution in [0, 0.1) is 20.8 Å². The first-order valence-corrected chi connectivity index (χ1v) is 6.16. The topological polar surface area (TPSA) is 52.0 Å². The molecule has 19 heavy (non-hydrogen) atoms. The van der Waals surface area contributed by atoms with Gasteiger partial charge in [0.15, 0.2) is 5.69 Å². The van der Waals surface area contributed by atoms with E-state index in [1.807, 2.05) is 32.0 Å². The molecule has 2 rings (SSSR count). The van der Waals surface area contributed by atoms with Crippen molar-refractivity contribution in [2.45, 2.75) is 20.8 Å². The van der Waals surface area contributed by atoms with E-state index in [4.69, 9.17) is 11.6 Å². The number of benzene rings is 1. The number of halogens is 1. The highest BCUT2D eigenvalue weighted by Gasteiger charge is 2.13. The highest BCUT2D eigenvalue weighted by molar-refractivity contribution is 6.67. The van der Waals surface area contributed by atoms with Crippen molar-refractivity contribution >= 4 is 16.8 Å². The predicted octanol–water partition coefficient (Wildman–Crippen LogP) is 2.54. The van der Waals surface area contributed by atoms with Crippen LogP contribution < -0.4 is 5.43 Å². The summed E-state index contributed by atoms with van der Waals surface area (Å²) in [5.41, 5.74) is 2.99. The predicted molar refractivity (Wildman–Crippen MR) is 74.2 cm³/mol. The van der Waals surface area contributed by atoms with Crippen LogP contribution >= 0.6 is 11.6 Å². The Morgan fingerprint density at radius 2 is 1.84 bits per heavy atom. The molecule has 0 fully saturated rings. The van der Waals surface area contributed by atoms with Gasteiger partial charge in [-0.25, -0.2) is 4.68 Å². The maximum atomic E-state index is 11.6. The fraction of sp³-hybridized carbons (Fsp3) is 0.214. The van der Waals surface area contributed by atoms with Crippen LogP contribution in [0.15, 0.2) is 29.1 Å². The number of hydrogen-bond acceptors (Lipinski definition) is 3. The van der Waals surface area contributed by atoms with E-state index in [0.717, 1.165) is 16.8 Å². The van der Waals surface area contributed by atoms with Crippen LogP contribution in [-0.2, 0) is 0 Å². The number of carbonyl (C=O) groups is 1. The van der Waals surface area contributed by atoms with Gasteiger partial charge in [-0.1, -0.05) is 6.07 Å². The molecule has 5 heteroatoms. The summed E-state index contributed by atoms with van der Waals surface area (Å²) >= 11 is 5.36. The van der Waals surface area contributed by atoms with Gasteiger partial charge in [-0.15, -0.1) is 0 Å². The Balaban J connectivity index is 2.68. The van der Waals surface area contributed by atoms with E-state index >= 15 is 0 Å². The van der Waals surface area contributed by atoms with Crippen molar-refractivity contribution in [3.8, 4) is 5.69 Å². The second-order valence-electron chi connectivity index (χ2n) is 4.45. The number of nitrogens with zero attached hydrogens (tertiary/aromatic N) is 2. The molecule has 98 valence electrons. The van der Waals surface area contributed by atoms with Gasteiger partial charge in [0.1, 0.15) is 0 Å². The first-order chi connectivity index (χ1) is 8.90. The van der Waals surface area contributed by atoms with Gasteiger partial charge in [-0.3, -0.25) is 9.59 Å². The molecule has 0 aliphatic rings. The Bertz CT molecular complexity index is 720. The van der Waals surface area contributed by atoms with Gasteiger partial charge < -0.3 is 0 Å². The third kappa shape index (κ3) is 2.58. The molecule has 1 aromatic heterocycles. The second-order valence-corrected chi connectivity index (χ2v) is 4.80. The summed E-state index contributed by atoms with van der Waals surface area (Å²) in [4.78, 5) is 22.8. The molecule has 0 saturated carbocycles. The molecule has 1 heterocycles. The number of hydrogen-bond donors (Lipinski definition) is 0. The molecule has 4 nitrogen and oxygen atoms in total. The second kappa shape index (κ2) is 4.97. The van der Waals surface area contributed by atoms with E-state index in [0.29, 0.717) is 5.69 Å². The molecular formula is C14H13ClN2O2. The van der Waals surface area contributed by atoms with Crippen molar-refractivity contribution < 1.29 is 4.79 Å². The minimum atomic E-state index is -0.845. The smallest absolute Gasteiger partial charge is 0.276 e. The first kappa shape index (κ1) is 13.5. The van der Waals surface area contributed by atoms with Crippen molar-refractivity contribution in [1.29, 1.82) is 0 Å². The summed E-state index contributed by atoms with van der Waals surface area (Å²) < 4.78 is 1.55. The van der Waals surface area contributed by atoms with Gasteiger partial charge in [0.25, 0.3) is 5.24 Å².